The smallest absolute Gasteiger partial charge is 0.0701 e. The van der Waals surface area contributed by atoms with Crippen molar-refractivity contribution < 1.29 is 0 Å². The summed E-state index contributed by atoms with van der Waals surface area (Å²) in [5.74, 6) is 0. The van der Waals surface area contributed by atoms with E-state index < -0.39 is 0 Å². The highest BCUT2D eigenvalue weighted by Gasteiger charge is 2.16. The summed E-state index contributed by atoms with van der Waals surface area (Å²) >= 11 is 0. The molecule has 1 aliphatic rings. The van der Waals surface area contributed by atoms with Gasteiger partial charge in [-0.2, -0.15) is 0 Å². The van der Waals surface area contributed by atoms with Crippen LogP contribution >= 0.6 is 0 Å². The zero-order chi connectivity index (χ0) is 17.4. The van der Waals surface area contributed by atoms with Crippen LogP contribution in [0.15, 0.2) is 72.4 Å². The van der Waals surface area contributed by atoms with Crippen LogP contribution in [0.3, 0.4) is 0 Å². The van der Waals surface area contributed by atoms with E-state index in [9.17, 15) is 0 Å². The molecule has 0 saturated heterocycles. The Labute approximate surface area is 147 Å². The minimum Gasteiger partial charge on any atom is -0.380 e. The zero-order valence-electron chi connectivity index (χ0n) is 15.3. The van der Waals surface area contributed by atoms with Crippen molar-refractivity contribution in [3.63, 3.8) is 0 Å². The number of rotatable bonds is 3. The second kappa shape index (κ2) is 9.12. The summed E-state index contributed by atoms with van der Waals surface area (Å²) < 4.78 is 0. The molecule has 0 amide bonds. The van der Waals surface area contributed by atoms with Crippen molar-refractivity contribution in [2.45, 2.75) is 46.6 Å². The van der Waals surface area contributed by atoms with Crippen LogP contribution in [0.4, 0.5) is 0 Å². The summed E-state index contributed by atoms with van der Waals surface area (Å²) in [5.41, 5.74) is 6.66. The molecule has 1 heteroatoms. The maximum absolute atomic E-state index is 3.55. The van der Waals surface area contributed by atoms with Gasteiger partial charge in [-0.05, 0) is 35.6 Å². The lowest BCUT2D eigenvalue weighted by molar-refractivity contribution is 0.732. The van der Waals surface area contributed by atoms with Gasteiger partial charge in [-0.25, -0.2) is 0 Å². The van der Waals surface area contributed by atoms with Crippen molar-refractivity contribution in [1.29, 1.82) is 0 Å². The first-order chi connectivity index (χ1) is 11.7. The molecule has 1 atom stereocenters. The van der Waals surface area contributed by atoms with Crippen molar-refractivity contribution in [1.82, 2.24) is 5.32 Å². The van der Waals surface area contributed by atoms with Crippen molar-refractivity contribution in [2.24, 2.45) is 0 Å². The first-order valence-corrected chi connectivity index (χ1v) is 8.99. The molecule has 2 aromatic rings. The highest BCUT2D eigenvalue weighted by atomic mass is 14.9. The quantitative estimate of drug-likeness (QED) is 0.700. The molecule has 0 bridgehead atoms. The van der Waals surface area contributed by atoms with Crippen LogP contribution in [0, 0.1) is 0 Å². The normalized spacial score (nSPS) is 16.2. The molecular weight excluding hydrogens is 290 g/mol. The predicted molar refractivity (Wildman–Crippen MR) is 106 cm³/mol. The Morgan fingerprint density at radius 1 is 0.875 bits per heavy atom. The van der Waals surface area contributed by atoms with Crippen LogP contribution in [0.1, 0.15) is 56.8 Å². The van der Waals surface area contributed by atoms with E-state index in [1.54, 1.807) is 0 Å². The number of dihydropyridines is 1. The summed E-state index contributed by atoms with van der Waals surface area (Å²) in [6.07, 6.45) is 6.80. The largest absolute Gasteiger partial charge is 0.380 e. The zero-order valence-corrected chi connectivity index (χ0v) is 15.3. The van der Waals surface area contributed by atoms with Gasteiger partial charge in [-0.3, -0.25) is 0 Å². The Morgan fingerprint density at radius 2 is 1.50 bits per heavy atom. The van der Waals surface area contributed by atoms with Crippen LogP contribution in [0.5, 0.6) is 0 Å². The minimum atomic E-state index is 0.272. The van der Waals surface area contributed by atoms with Gasteiger partial charge in [0.05, 0.1) is 6.04 Å². The molecule has 0 spiro atoms. The lowest BCUT2D eigenvalue weighted by Gasteiger charge is -2.24. The van der Waals surface area contributed by atoms with Gasteiger partial charge < -0.3 is 5.32 Å². The van der Waals surface area contributed by atoms with Crippen molar-refractivity contribution in [3.05, 3.63) is 89.1 Å². The summed E-state index contributed by atoms with van der Waals surface area (Å²) in [7, 11) is 0. The summed E-state index contributed by atoms with van der Waals surface area (Å²) in [6, 6.07) is 19.5. The molecule has 2 aromatic carbocycles. The molecule has 0 aromatic heterocycles. The second-order valence-corrected chi connectivity index (χ2v) is 6.18. The summed E-state index contributed by atoms with van der Waals surface area (Å²) in [6.45, 7) is 8.66. The van der Waals surface area contributed by atoms with Gasteiger partial charge in [0.1, 0.15) is 0 Å². The SMILES string of the molecule is CCC.CCc1ccccc1C1C=C(C)C(c2ccccc2)=CN1. The second-order valence-electron chi connectivity index (χ2n) is 6.18. The van der Waals surface area contributed by atoms with E-state index in [4.69, 9.17) is 0 Å². The number of allylic oxidation sites excluding steroid dienone is 2. The molecule has 1 nitrogen and oxygen atoms in total. The Balaban J connectivity index is 0.000000647. The molecule has 0 radical (unpaired) electrons. The van der Waals surface area contributed by atoms with Crippen LogP contribution in [-0.4, -0.2) is 0 Å². The van der Waals surface area contributed by atoms with Gasteiger partial charge in [0.15, 0.2) is 0 Å². The molecule has 0 fully saturated rings. The monoisotopic (exact) mass is 319 g/mol. The third kappa shape index (κ3) is 4.38. The molecule has 0 aliphatic carbocycles. The fourth-order valence-corrected chi connectivity index (χ4v) is 2.94. The third-order valence-corrected chi connectivity index (χ3v) is 4.10. The van der Waals surface area contributed by atoms with Crippen LogP contribution in [0.25, 0.3) is 5.57 Å². The van der Waals surface area contributed by atoms with Crippen molar-refractivity contribution in [3.8, 4) is 0 Å². The molecule has 1 aliphatic heterocycles. The maximum Gasteiger partial charge on any atom is 0.0701 e. The van der Waals surface area contributed by atoms with Gasteiger partial charge in [0, 0.05) is 11.8 Å². The fourth-order valence-electron chi connectivity index (χ4n) is 2.94. The molecule has 1 N–H and O–H groups in total. The topological polar surface area (TPSA) is 12.0 Å². The van der Waals surface area contributed by atoms with E-state index in [2.05, 4.69) is 99.9 Å². The number of aryl methyl sites for hydroxylation is 1. The summed E-state index contributed by atoms with van der Waals surface area (Å²) in [4.78, 5) is 0. The molecule has 1 heterocycles. The molecule has 1 unspecified atom stereocenters. The van der Waals surface area contributed by atoms with E-state index >= 15 is 0 Å². The lowest BCUT2D eigenvalue weighted by atomic mass is 9.91. The van der Waals surface area contributed by atoms with Gasteiger partial charge in [-0.15, -0.1) is 0 Å². The highest BCUT2D eigenvalue weighted by molar-refractivity contribution is 5.79. The molecule has 24 heavy (non-hydrogen) atoms. The number of benzene rings is 2. The molecule has 126 valence electrons. The first-order valence-electron chi connectivity index (χ1n) is 8.99. The lowest BCUT2D eigenvalue weighted by Crippen LogP contribution is -2.19. The summed E-state index contributed by atoms with van der Waals surface area (Å²) in [5, 5.41) is 3.55. The Hall–Kier alpha value is -2.28. The van der Waals surface area contributed by atoms with Gasteiger partial charge in [-0.1, -0.05) is 87.9 Å². The predicted octanol–water partition coefficient (Wildman–Crippen LogP) is 6.30. The Morgan fingerprint density at radius 3 is 2.12 bits per heavy atom. The van der Waals surface area contributed by atoms with Crippen LogP contribution in [-0.2, 0) is 6.42 Å². The van der Waals surface area contributed by atoms with E-state index in [0.29, 0.717) is 0 Å². The van der Waals surface area contributed by atoms with Crippen LogP contribution < -0.4 is 5.32 Å². The van der Waals surface area contributed by atoms with E-state index in [1.165, 1.54) is 34.3 Å². The van der Waals surface area contributed by atoms with E-state index in [1.807, 2.05) is 0 Å². The average molecular weight is 319 g/mol. The van der Waals surface area contributed by atoms with E-state index in [0.717, 1.165) is 6.42 Å². The number of nitrogens with one attached hydrogen (secondary N) is 1. The highest BCUT2D eigenvalue weighted by Crippen LogP contribution is 2.30. The molecular formula is C23H29N. The molecule has 0 saturated carbocycles. The standard InChI is InChI=1S/C20H21N.C3H8/c1-3-16-9-7-8-12-18(16)20-13-15(2)19(14-21-20)17-10-5-4-6-11-17;1-3-2/h4-14,20-21H,3H2,1-2H3;3H2,1-2H3. The van der Waals surface area contributed by atoms with Crippen LogP contribution in [0.2, 0.25) is 0 Å². The average Bonchev–Trinajstić information content (AvgIpc) is 2.63. The Kier molecular flexibility index (Phi) is 6.87. The molecule has 3 rings (SSSR count). The maximum atomic E-state index is 3.55. The Bertz CT molecular complexity index is 695. The minimum absolute atomic E-state index is 0.272. The van der Waals surface area contributed by atoms with Gasteiger partial charge in [0.2, 0.25) is 0 Å². The van der Waals surface area contributed by atoms with E-state index in [-0.39, 0.29) is 6.04 Å². The van der Waals surface area contributed by atoms with Crippen molar-refractivity contribution >= 4 is 5.57 Å². The first kappa shape index (κ1) is 18.1. The fraction of sp³-hybridized carbons (Fsp3) is 0.304. The van der Waals surface area contributed by atoms with Gasteiger partial charge >= 0.3 is 0 Å². The number of hydrogen-bond donors (Lipinski definition) is 1. The number of hydrogen-bond acceptors (Lipinski definition) is 1. The van der Waals surface area contributed by atoms with Crippen molar-refractivity contribution in [2.75, 3.05) is 0 Å². The van der Waals surface area contributed by atoms with Gasteiger partial charge in [0.25, 0.3) is 0 Å². The third-order valence-electron chi connectivity index (χ3n) is 4.10.